The van der Waals surface area contributed by atoms with Crippen LogP contribution in [-0.4, -0.2) is 87.7 Å². The standard InChI is InChI=1S/C26H34N6O4/c1-17(16-35-2)29-26-28-15-24-21(13-23(32(24)30-26)18-3-6-20(33)7-4-18)19-5-8-22(27-14-19)25(34)31-9-11-36-12-10-31/h5,8,13-15,17-18,20,33H,3-4,6-7,9-12,16H2,1-2H3,(H,29,30)/t17-,18-,20-/m0/s1. The first-order valence-corrected chi connectivity index (χ1v) is 12.7. The van der Waals surface area contributed by atoms with E-state index in [1.165, 1.54) is 0 Å². The van der Waals surface area contributed by atoms with E-state index in [-0.39, 0.29) is 18.1 Å². The van der Waals surface area contributed by atoms with Crippen LogP contribution in [0.1, 0.15) is 54.7 Å². The van der Waals surface area contributed by atoms with Gasteiger partial charge in [0.25, 0.3) is 5.91 Å². The summed E-state index contributed by atoms with van der Waals surface area (Å²) in [7, 11) is 1.67. The number of carbonyl (C=O) groups excluding carboxylic acids is 1. The van der Waals surface area contributed by atoms with E-state index in [4.69, 9.17) is 14.6 Å². The van der Waals surface area contributed by atoms with Crippen molar-refractivity contribution >= 4 is 17.4 Å². The first kappa shape index (κ1) is 24.6. The van der Waals surface area contributed by atoms with Gasteiger partial charge < -0.3 is 24.8 Å². The Hall–Kier alpha value is -3.08. The van der Waals surface area contributed by atoms with Crippen molar-refractivity contribution in [1.29, 1.82) is 0 Å². The summed E-state index contributed by atoms with van der Waals surface area (Å²) in [4.78, 5) is 23.7. The average molecular weight is 495 g/mol. The number of carbonyl (C=O) groups is 1. The van der Waals surface area contributed by atoms with Gasteiger partial charge in [-0.2, -0.15) is 0 Å². The van der Waals surface area contributed by atoms with E-state index in [2.05, 4.69) is 21.4 Å². The van der Waals surface area contributed by atoms with E-state index in [1.807, 2.05) is 23.7 Å². The zero-order valence-corrected chi connectivity index (χ0v) is 20.9. The number of hydrogen-bond donors (Lipinski definition) is 2. The van der Waals surface area contributed by atoms with Crippen LogP contribution in [0.4, 0.5) is 5.95 Å². The molecule has 2 N–H and O–H groups in total. The van der Waals surface area contributed by atoms with Gasteiger partial charge in [0, 0.05) is 55.2 Å². The normalized spacial score (nSPS) is 21.5. The van der Waals surface area contributed by atoms with E-state index in [9.17, 15) is 9.90 Å². The van der Waals surface area contributed by atoms with Gasteiger partial charge in [-0.05, 0) is 44.7 Å². The Balaban J connectivity index is 1.47. The van der Waals surface area contributed by atoms with Crippen LogP contribution in [0.3, 0.4) is 0 Å². The van der Waals surface area contributed by atoms with E-state index in [0.717, 1.165) is 48.0 Å². The molecule has 0 spiro atoms. The third-order valence-electron chi connectivity index (χ3n) is 7.04. The molecular formula is C26H34N6O4. The lowest BCUT2D eigenvalue weighted by molar-refractivity contribution is 0.0299. The van der Waals surface area contributed by atoms with Gasteiger partial charge in [0.1, 0.15) is 5.69 Å². The molecule has 192 valence electrons. The first-order chi connectivity index (χ1) is 17.5. The lowest BCUT2D eigenvalue weighted by Crippen LogP contribution is -2.41. The minimum Gasteiger partial charge on any atom is -0.393 e. The molecule has 3 aromatic rings. The molecule has 0 bridgehead atoms. The molecule has 36 heavy (non-hydrogen) atoms. The van der Waals surface area contributed by atoms with E-state index < -0.39 is 0 Å². The van der Waals surface area contributed by atoms with E-state index >= 15 is 0 Å². The molecule has 1 saturated carbocycles. The van der Waals surface area contributed by atoms with Gasteiger partial charge in [0.05, 0.1) is 37.6 Å². The van der Waals surface area contributed by atoms with Gasteiger partial charge in [0.15, 0.2) is 0 Å². The molecule has 2 fully saturated rings. The Morgan fingerprint density at radius 1 is 1.19 bits per heavy atom. The molecule has 1 aliphatic heterocycles. The highest BCUT2D eigenvalue weighted by Crippen LogP contribution is 2.37. The topological polar surface area (TPSA) is 114 Å². The molecule has 1 amide bonds. The molecule has 1 aliphatic carbocycles. The highest BCUT2D eigenvalue weighted by Gasteiger charge is 2.26. The predicted molar refractivity (Wildman–Crippen MR) is 135 cm³/mol. The molecule has 4 heterocycles. The molecular weight excluding hydrogens is 460 g/mol. The van der Waals surface area contributed by atoms with Crippen molar-refractivity contribution in [3.05, 3.63) is 42.0 Å². The fraction of sp³-hybridized carbons (Fsp3) is 0.538. The molecule has 10 heteroatoms. The molecule has 3 aromatic heterocycles. The fourth-order valence-corrected chi connectivity index (χ4v) is 5.09. The highest BCUT2D eigenvalue weighted by atomic mass is 16.5. The van der Waals surface area contributed by atoms with Crippen LogP contribution in [0.2, 0.25) is 0 Å². The summed E-state index contributed by atoms with van der Waals surface area (Å²) >= 11 is 0. The fourth-order valence-electron chi connectivity index (χ4n) is 5.09. The maximum Gasteiger partial charge on any atom is 0.272 e. The molecule has 0 unspecified atom stereocenters. The minimum atomic E-state index is -0.227. The second kappa shape index (κ2) is 10.9. The predicted octanol–water partition coefficient (Wildman–Crippen LogP) is 2.73. The largest absolute Gasteiger partial charge is 0.393 e. The molecule has 10 nitrogen and oxygen atoms in total. The summed E-state index contributed by atoms with van der Waals surface area (Å²) < 4.78 is 12.6. The Morgan fingerprint density at radius 2 is 1.97 bits per heavy atom. The summed E-state index contributed by atoms with van der Waals surface area (Å²) in [6.07, 6.45) is 6.75. The average Bonchev–Trinajstić information content (AvgIpc) is 3.28. The summed E-state index contributed by atoms with van der Waals surface area (Å²) in [5, 5.41) is 18.2. The number of fused-ring (bicyclic) bond motifs is 1. The van der Waals surface area contributed by atoms with Crippen molar-refractivity contribution in [3.63, 3.8) is 0 Å². The van der Waals surface area contributed by atoms with Crippen molar-refractivity contribution in [3.8, 4) is 11.1 Å². The van der Waals surface area contributed by atoms with Crippen LogP contribution in [0.25, 0.3) is 16.6 Å². The lowest BCUT2D eigenvalue weighted by Gasteiger charge is -2.26. The van der Waals surface area contributed by atoms with Gasteiger partial charge >= 0.3 is 0 Å². The Morgan fingerprint density at radius 3 is 2.67 bits per heavy atom. The van der Waals surface area contributed by atoms with Crippen molar-refractivity contribution < 1.29 is 19.4 Å². The number of rotatable bonds is 7. The van der Waals surface area contributed by atoms with Crippen molar-refractivity contribution in [2.45, 2.75) is 50.7 Å². The van der Waals surface area contributed by atoms with Gasteiger partial charge in [-0.1, -0.05) is 6.07 Å². The number of nitrogens with one attached hydrogen (secondary N) is 1. The Kier molecular flexibility index (Phi) is 7.45. The summed E-state index contributed by atoms with van der Waals surface area (Å²) in [5.74, 6) is 0.761. The van der Waals surface area contributed by atoms with Crippen LogP contribution < -0.4 is 5.32 Å². The van der Waals surface area contributed by atoms with Crippen molar-refractivity contribution in [2.24, 2.45) is 0 Å². The van der Waals surface area contributed by atoms with Crippen LogP contribution in [0.5, 0.6) is 0 Å². The Bertz CT molecular complexity index is 1180. The number of morpholine rings is 1. The highest BCUT2D eigenvalue weighted by molar-refractivity contribution is 5.93. The molecule has 0 aromatic carbocycles. The number of hydrogen-bond acceptors (Lipinski definition) is 8. The van der Waals surface area contributed by atoms with Crippen molar-refractivity contribution in [1.82, 2.24) is 24.5 Å². The molecule has 5 rings (SSSR count). The monoisotopic (exact) mass is 494 g/mol. The Labute approximate surface area is 210 Å². The van der Waals surface area contributed by atoms with Gasteiger partial charge in [-0.25, -0.2) is 9.50 Å². The molecule has 2 aliphatic rings. The van der Waals surface area contributed by atoms with Crippen molar-refractivity contribution in [2.75, 3.05) is 45.3 Å². The lowest BCUT2D eigenvalue weighted by atomic mass is 9.85. The van der Waals surface area contributed by atoms with Gasteiger partial charge in [0.2, 0.25) is 5.95 Å². The van der Waals surface area contributed by atoms with Gasteiger partial charge in [-0.15, -0.1) is 5.10 Å². The molecule has 1 saturated heterocycles. The minimum absolute atomic E-state index is 0.0662. The van der Waals surface area contributed by atoms with E-state index in [0.29, 0.717) is 50.5 Å². The summed E-state index contributed by atoms with van der Waals surface area (Å²) in [6, 6.07) is 5.96. The zero-order chi connectivity index (χ0) is 25.1. The molecule has 0 radical (unpaired) electrons. The summed E-state index contributed by atoms with van der Waals surface area (Å²) in [5.41, 5.74) is 4.30. The van der Waals surface area contributed by atoms with Crippen LogP contribution in [-0.2, 0) is 9.47 Å². The number of amides is 1. The molecule has 1 atom stereocenters. The number of anilines is 1. The number of aliphatic hydroxyl groups excluding tert-OH is 1. The van der Waals surface area contributed by atoms with Gasteiger partial charge in [-0.3, -0.25) is 9.78 Å². The second-order valence-corrected chi connectivity index (χ2v) is 9.70. The number of nitrogens with zero attached hydrogens (tertiary/aromatic N) is 5. The van der Waals surface area contributed by atoms with Crippen LogP contribution in [0.15, 0.2) is 30.6 Å². The zero-order valence-electron chi connectivity index (χ0n) is 20.9. The number of aliphatic hydroxyl groups is 1. The second-order valence-electron chi connectivity index (χ2n) is 9.70. The maximum absolute atomic E-state index is 12.8. The quantitative estimate of drug-likeness (QED) is 0.515. The SMILES string of the molecule is COC[C@H](C)Nc1ncc2c(-c3ccc(C(=O)N4CCOCC4)nc3)cc([C@H]3CC[C@H](O)CC3)n2n1. The van der Waals surface area contributed by atoms with Crippen LogP contribution in [0, 0.1) is 0 Å². The smallest absolute Gasteiger partial charge is 0.272 e. The van der Waals surface area contributed by atoms with E-state index in [1.54, 1.807) is 24.3 Å². The first-order valence-electron chi connectivity index (χ1n) is 12.7. The third kappa shape index (κ3) is 5.21. The number of pyridine rings is 1. The third-order valence-corrected chi connectivity index (χ3v) is 7.04. The maximum atomic E-state index is 12.8. The van der Waals surface area contributed by atoms with Crippen LogP contribution >= 0.6 is 0 Å². The summed E-state index contributed by atoms with van der Waals surface area (Å²) in [6.45, 7) is 4.86. The number of aromatic nitrogens is 4. The number of methoxy groups -OCH3 is 1. The number of ether oxygens (including phenoxy) is 2.